The summed E-state index contributed by atoms with van der Waals surface area (Å²) in [5.41, 5.74) is 6.56. The minimum absolute atomic E-state index is 0.00873. The number of carboxylic acids is 1. The van der Waals surface area contributed by atoms with Crippen molar-refractivity contribution in [3.8, 4) is 11.5 Å². The predicted molar refractivity (Wildman–Crippen MR) is 155 cm³/mol. The van der Waals surface area contributed by atoms with E-state index in [0.29, 0.717) is 12.0 Å². The highest BCUT2D eigenvalue weighted by Crippen LogP contribution is 2.38. The monoisotopic (exact) mass is 579 g/mol. The lowest BCUT2D eigenvalue weighted by molar-refractivity contribution is -0.142. The van der Waals surface area contributed by atoms with Crippen LogP contribution in [0.4, 0.5) is 4.79 Å². The second kappa shape index (κ2) is 17.0. The summed E-state index contributed by atoms with van der Waals surface area (Å²) in [7, 11) is 0. The molecule has 10 nitrogen and oxygen atoms in total. The van der Waals surface area contributed by atoms with Gasteiger partial charge in [0.25, 0.3) is 0 Å². The van der Waals surface area contributed by atoms with Gasteiger partial charge in [0.15, 0.2) is 11.5 Å². The van der Waals surface area contributed by atoms with Gasteiger partial charge in [0.1, 0.15) is 12.1 Å². The highest BCUT2D eigenvalue weighted by Gasteiger charge is 2.36. The van der Waals surface area contributed by atoms with Gasteiger partial charge in [0, 0.05) is 11.8 Å². The number of carbonyl (C=O) groups is 4. The van der Waals surface area contributed by atoms with E-state index in [0.717, 1.165) is 12.8 Å². The highest BCUT2D eigenvalue weighted by atomic mass is 16.7. The number of carbonyl (C=O) groups excluding carboxylic acids is 3. The van der Waals surface area contributed by atoms with Crippen LogP contribution in [-0.4, -0.2) is 47.9 Å². The summed E-state index contributed by atoms with van der Waals surface area (Å²) >= 11 is 0. The molecule has 6 atom stereocenters. The zero-order valence-corrected chi connectivity index (χ0v) is 26.0. The third-order valence-corrected chi connectivity index (χ3v) is 7.75. The predicted octanol–water partition coefficient (Wildman–Crippen LogP) is 5.95. The maximum absolute atomic E-state index is 12.9. The number of benzene rings is 1. The van der Waals surface area contributed by atoms with E-state index < -0.39 is 59.9 Å². The Morgan fingerprint density at radius 3 is 1.85 bits per heavy atom. The molecule has 0 bridgehead atoms. The van der Waals surface area contributed by atoms with Crippen LogP contribution in [0.15, 0.2) is 18.2 Å². The zero-order chi connectivity index (χ0) is 31.4. The fourth-order valence-corrected chi connectivity index (χ4v) is 3.93. The number of ether oxygens (including phenoxy) is 4. The fraction of sp³-hybridized carbons (Fsp3) is 0.677. The van der Waals surface area contributed by atoms with Crippen LogP contribution in [0.2, 0.25) is 0 Å². The molecule has 0 heterocycles. The van der Waals surface area contributed by atoms with E-state index in [1.165, 1.54) is 12.1 Å². The molecule has 0 aromatic heterocycles. The quantitative estimate of drug-likeness (QED) is 0.137. The van der Waals surface area contributed by atoms with Crippen molar-refractivity contribution < 1.29 is 43.2 Å². The van der Waals surface area contributed by atoms with Crippen LogP contribution in [-0.2, 0) is 23.9 Å². The molecule has 0 amide bonds. The van der Waals surface area contributed by atoms with Crippen LogP contribution in [0, 0.1) is 29.6 Å². The van der Waals surface area contributed by atoms with Crippen molar-refractivity contribution in [3.63, 3.8) is 0 Å². The number of hydrogen-bond acceptors (Lipinski definition) is 9. The molecule has 3 N–H and O–H groups in total. The van der Waals surface area contributed by atoms with Gasteiger partial charge >= 0.3 is 24.1 Å². The molecule has 0 saturated heterocycles. The van der Waals surface area contributed by atoms with E-state index in [1.807, 2.05) is 34.6 Å². The minimum Gasteiger partial charge on any atom is -0.480 e. The van der Waals surface area contributed by atoms with E-state index in [9.17, 15) is 24.3 Å². The van der Waals surface area contributed by atoms with Gasteiger partial charge < -0.3 is 29.8 Å². The van der Waals surface area contributed by atoms with Crippen LogP contribution in [0.1, 0.15) is 93.1 Å². The lowest BCUT2D eigenvalue weighted by Crippen LogP contribution is -2.42. The average molecular weight is 580 g/mol. The molecule has 0 aliphatic rings. The average Bonchev–Trinajstić information content (AvgIpc) is 2.90. The van der Waals surface area contributed by atoms with Gasteiger partial charge in [-0.25, -0.2) is 4.79 Å². The molecular formula is C31H49NO9. The molecule has 41 heavy (non-hydrogen) atoms. The maximum Gasteiger partial charge on any atom is 0.508 e. The second-order valence-corrected chi connectivity index (χ2v) is 11.5. The first-order chi connectivity index (χ1) is 19.1. The first-order valence-corrected chi connectivity index (χ1v) is 14.5. The van der Waals surface area contributed by atoms with E-state index >= 15 is 0 Å². The van der Waals surface area contributed by atoms with Gasteiger partial charge in [-0.3, -0.25) is 14.4 Å². The molecular weight excluding hydrogens is 530 g/mol. The van der Waals surface area contributed by atoms with Crippen molar-refractivity contribution in [3.05, 3.63) is 23.8 Å². The third kappa shape index (κ3) is 11.0. The van der Waals surface area contributed by atoms with Gasteiger partial charge in [-0.2, -0.15) is 0 Å². The zero-order valence-electron chi connectivity index (χ0n) is 26.0. The molecule has 10 heteroatoms. The minimum atomic E-state index is -1.39. The Kier molecular flexibility index (Phi) is 14.8. The molecule has 0 fully saturated rings. The van der Waals surface area contributed by atoms with Crippen LogP contribution < -0.4 is 15.2 Å². The molecule has 0 spiro atoms. The van der Waals surface area contributed by atoms with Crippen LogP contribution >= 0.6 is 0 Å². The van der Waals surface area contributed by atoms with Crippen molar-refractivity contribution >= 4 is 24.1 Å². The van der Waals surface area contributed by atoms with E-state index in [2.05, 4.69) is 0 Å². The summed E-state index contributed by atoms with van der Waals surface area (Å²) in [6, 6.07) is 3.12. The largest absolute Gasteiger partial charge is 0.508 e. The Bertz CT molecular complexity index is 1020. The van der Waals surface area contributed by atoms with Gasteiger partial charge in [0.2, 0.25) is 0 Å². The molecule has 0 aliphatic heterocycles. The Balaban J connectivity index is 3.43. The van der Waals surface area contributed by atoms with Crippen LogP contribution in [0.5, 0.6) is 11.5 Å². The van der Waals surface area contributed by atoms with Gasteiger partial charge in [-0.1, -0.05) is 74.3 Å². The maximum atomic E-state index is 12.9. The summed E-state index contributed by atoms with van der Waals surface area (Å²) in [4.78, 5) is 49.9. The number of nitrogens with two attached hydrogens (primary N) is 1. The van der Waals surface area contributed by atoms with Gasteiger partial charge in [-0.05, 0) is 42.9 Å². The number of carboxylic acid groups (broad SMARTS) is 1. The summed E-state index contributed by atoms with van der Waals surface area (Å²) in [5, 5.41) is 9.82. The van der Waals surface area contributed by atoms with Crippen LogP contribution in [0.3, 0.4) is 0 Å². The van der Waals surface area contributed by atoms with Gasteiger partial charge in [0.05, 0.1) is 18.4 Å². The summed E-state index contributed by atoms with van der Waals surface area (Å²) in [6.45, 7) is 16.6. The Labute approximate surface area is 244 Å². The first-order valence-electron chi connectivity index (χ1n) is 14.5. The molecule has 0 saturated carbocycles. The second-order valence-electron chi connectivity index (χ2n) is 11.5. The molecule has 232 valence electrons. The number of aliphatic carboxylic acids is 1. The van der Waals surface area contributed by atoms with Crippen molar-refractivity contribution in [1.29, 1.82) is 0 Å². The summed E-state index contributed by atoms with van der Waals surface area (Å²) in [5.74, 6) is -4.58. The summed E-state index contributed by atoms with van der Waals surface area (Å²) < 4.78 is 21.9. The molecule has 1 rings (SSSR count). The van der Waals surface area contributed by atoms with E-state index in [4.69, 9.17) is 24.7 Å². The van der Waals surface area contributed by atoms with Crippen molar-refractivity contribution in [2.75, 3.05) is 6.61 Å². The first kappa shape index (κ1) is 35.9. The highest BCUT2D eigenvalue weighted by molar-refractivity contribution is 5.79. The van der Waals surface area contributed by atoms with Gasteiger partial charge in [-0.15, -0.1) is 0 Å². The van der Waals surface area contributed by atoms with Crippen LogP contribution in [0.25, 0.3) is 0 Å². The molecule has 5 unspecified atom stereocenters. The lowest BCUT2D eigenvalue weighted by atomic mass is 9.79. The molecule has 0 radical (unpaired) electrons. The lowest BCUT2D eigenvalue weighted by Gasteiger charge is -2.31. The van der Waals surface area contributed by atoms with Crippen molar-refractivity contribution in [2.24, 2.45) is 35.3 Å². The third-order valence-electron chi connectivity index (χ3n) is 7.75. The Morgan fingerprint density at radius 2 is 1.37 bits per heavy atom. The Hall–Kier alpha value is -3.14. The molecule has 1 aromatic carbocycles. The molecule has 1 aromatic rings. The fourth-order valence-electron chi connectivity index (χ4n) is 3.93. The van der Waals surface area contributed by atoms with Crippen molar-refractivity contribution in [2.45, 2.75) is 99.6 Å². The standard InChI is InChI=1S/C31H49NO9/c1-10-11-12-15-38-31(37)39-22(9)21(8)26(27(32)28(33)34)23-13-14-24(40-29(35)19(6)17(2)3)25(16-23)41-30(36)20(7)18(4)5/h13-14,16-22,26-27H,10-12,15,32H2,1-9H3,(H,33,34)/t19?,20?,21?,22?,26?,27-/m0/s1. The Morgan fingerprint density at radius 1 is 0.829 bits per heavy atom. The SMILES string of the molecule is CCCCCOC(=O)OC(C)C(C)C(c1ccc(OC(=O)C(C)C(C)C)c(OC(=O)C(C)C(C)C)c1)[C@H](N)C(=O)O. The van der Waals surface area contributed by atoms with E-state index in [-0.39, 0.29) is 29.9 Å². The molecule has 0 aliphatic carbocycles. The number of rotatable bonds is 16. The number of esters is 2. The summed E-state index contributed by atoms with van der Waals surface area (Å²) in [6.07, 6.45) is 0.996. The van der Waals surface area contributed by atoms with E-state index in [1.54, 1.807) is 33.8 Å². The topological polar surface area (TPSA) is 151 Å². The van der Waals surface area contributed by atoms with Crippen molar-refractivity contribution in [1.82, 2.24) is 0 Å². The normalized spacial score (nSPS) is 15.8. The smallest absolute Gasteiger partial charge is 0.480 e. The number of unbranched alkanes of at least 4 members (excludes halogenated alkanes) is 2. The number of hydrogen-bond donors (Lipinski definition) is 2.